The Kier molecular flexibility index (Phi) is 2.83. The van der Waals surface area contributed by atoms with Crippen molar-refractivity contribution in [3.8, 4) is 0 Å². The minimum absolute atomic E-state index is 0.0920. The summed E-state index contributed by atoms with van der Waals surface area (Å²) in [4.78, 5) is 9.58. The number of anilines is 1. The summed E-state index contributed by atoms with van der Waals surface area (Å²) in [5.74, 6) is 0. The van der Waals surface area contributed by atoms with Crippen molar-refractivity contribution in [1.29, 1.82) is 0 Å². The second-order valence-electron chi connectivity index (χ2n) is 2.94. The molecule has 0 heterocycles. The van der Waals surface area contributed by atoms with Crippen molar-refractivity contribution < 1.29 is 18.1 Å². The fourth-order valence-electron chi connectivity index (χ4n) is 1.11. The molecule has 0 atom stereocenters. The first-order valence-electron chi connectivity index (χ1n) is 3.89. The largest absolute Gasteiger partial charge is 0.393 e. The van der Waals surface area contributed by atoms with E-state index >= 15 is 0 Å². The highest BCUT2D eigenvalue weighted by atomic mass is 19.4. The Hall–Kier alpha value is -1.79. The lowest BCUT2D eigenvalue weighted by molar-refractivity contribution is -0.383. The van der Waals surface area contributed by atoms with E-state index in [1.807, 2.05) is 0 Å². The zero-order chi connectivity index (χ0) is 11.6. The molecule has 0 bridgehead atoms. The molecule has 0 unspecified atom stereocenters. The zero-order valence-corrected chi connectivity index (χ0v) is 7.41. The van der Waals surface area contributed by atoms with Gasteiger partial charge in [-0.2, -0.15) is 13.2 Å². The predicted molar refractivity (Wildman–Crippen MR) is 47.3 cm³/mol. The van der Waals surface area contributed by atoms with E-state index in [2.05, 4.69) is 0 Å². The molecule has 7 heteroatoms. The van der Waals surface area contributed by atoms with Gasteiger partial charge < -0.3 is 5.73 Å². The van der Waals surface area contributed by atoms with Crippen LogP contribution in [0.2, 0.25) is 0 Å². The average molecular weight is 220 g/mol. The highest BCUT2D eigenvalue weighted by molar-refractivity contribution is 5.59. The van der Waals surface area contributed by atoms with Crippen molar-refractivity contribution in [1.82, 2.24) is 0 Å². The second-order valence-corrected chi connectivity index (χ2v) is 2.94. The van der Waals surface area contributed by atoms with Gasteiger partial charge in [0.25, 0.3) is 5.69 Å². The van der Waals surface area contributed by atoms with Crippen LogP contribution in [0.15, 0.2) is 18.2 Å². The molecule has 1 aromatic rings. The van der Waals surface area contributed by atoms with Crippen LogP contribution < -0.4 is 5.73 Å². The standard InChI is InChI=1S/C8H7F3N2O2/c9-8(10,11)4-5-1-2-7(13(14)15)6(12)3-5/h1-3H,4,12H2. The molecular formula is C8H7F3N2O2. The van der Waals surface area contributed by atoms with Crippen molar-refractivity contribution in [2.45, 2.75) is 12.6 Å². The molecule has 0 aromatic heterocycles. The average Bonchev–Trinajstić information content (AvgIpc) is 1.99. The summed E-state index contributed by atoms with van der Waals surface area (Å²) in [7, 11) is 0. The van der Waals surface area contributed by atoms with Gasteiger partial charge in [0.2, 0.25) is 0 Å². The minimum Gasteiger partial charge on any atom is -0.393 e. The maximum atomic E-state index is 12.0. The molecule has 1 rings (SSSR count). The highest BCUT2D eigenvalue weighted by Gasteiger charge is 2.28. The van der Waals surface area contributed by atoms with E-state index < -0.39 is 17.5 Å². The van der Waals surface area contributed by atoms with E-state index in [1.165, 1.54) is 0 Å². The molecule has 0 saturated heterocycles. The SMILES string of the molecule is Nc1cc(CC(F)(F)F)ccc1[N+](=O)[O-]. The fourth-order valence-corrected chi connectivity index (χ4v) is 1.11. The first kappa shape index (κ1) is 11.3. The molecule has 0 saturated carbocycles. The Balaban J connectivity index is 2.97. The normalized spacial score (nSPS) is 11.4. The lowest BCUT2D eigenvalue weighted by Gasteiger charge is -2.06. The van der Waals surface area contributed by atoms with Crippen LogP contribution in [-0.2, 0) is 6.42 Å². The number of alkyl halides is 3. The molecule has 0 amide bonds. The van der Waals surface area contributed by atoms with Crippen LogP contribution in [0.1, 0.15) is 5.56 Å². The third-order valence-electron chi connectivity index (χ3n) is 1.69. The van der Waals surface area contributed by atoms with E-state index in [-0.39, 0.29) is 16.9 Å². The van der Waals surface area contributed by atoms with Crippen molar-refractivity contribution in [2.75, 3.05) is 5.73 Å². The Morgan fingerprint density at radius 3 is 2.40 bits per heavy atom. The predicted octanol–water partition coefficient (Wildman–Crippen LogP) is 2.28. The number of nitrogen functional groups attached to an aromatic ring is 1. The first-order chi connectivity index (χ1) is 6.79. The molecule has 4 nitrogen and oxygen atoms in total. The number of benzene rings is 1. The van der Waals surface area contributed by atoms with Gasteiger partial charge in [-0.15, -0.1) is 0 Å². The summed E-state index contributed by atoms with van der Waals surface area (Å²) in [6, 6.07) is 2.98. The number of nitrogens with zero attached hydrogens (tertiary/aromatic N) is 1. The van der Waals surface area contributed by atoms with Crippen LogP contribution in [-0.4, -0.2) is 11.1 Å². The summed E-state index contributed by atoms with van der Waals surface area (Å²) >= 11 is 0. The van der Waals surface area contributed by atoms with E-state index in [4.69, 9.17) is 5.73 Å². The summed E-state index contributed by atoms with van der Waals surface area (Å²) in [6.07, 6.45) is -5.49. The molecule has 82 valence electrons. The third kappa shape index (κ3) is 3.12. The Bertz CT molecular complexity index is 390. The lowest BCUT2D eigenvalue weighted by Crippen LogP contribution is -2.11. The second kappa shape index (κ2) is 3.76. The molecule has 0 radical (unpaired) electrons. The molecule has 0 aliphatic carbocycles. The molecule has 15 heavy (non-hydrogen) atoms. The number of nitrogens with two attached hydrogens (primary N) is 1. The number of halogens is 3. The number of hydrogen-bond donors (Lipinski definition) is 1. The van der Waals surface area contributed by atoms with Gasteiger partial charge in [-0.1, -0.05) is 6.07 Å². The summed E-state index contributed by atoms with van der Waals surface area (Å²) in [5.41, 5.74) is 4.49. The van der Waals surface area contributed by atoms with Gasteiger partial charge in [-0.05, 0) is 11.6 Å². The van der Waals surface area contributed by atoms with Gasteiger partial charge in [-0.25, -0.2) is 0 Å². The van der Waals surface area contributed by atoms with Gasteiger partial charge in [-0.3, -0.25) is 10.1 Å². The van der Waals surface area contributed by atoms with Crippen molar-refractivity contribution >= 4 is 11.4 Å². The van der Waals surface area contributed by atoms with Crippen LogP contribution in [0.4, 0.5) is 24.5 Å². The van der Waals surface area contributed by atoms with Gasteiger partial charge in [0.05, 0.1) is 11.3 Å². The third-order valence-corrected chi connectivity index (χ3v) is 1.69. The summed E-state index contributed by atoms with van der Waals surface area (Å²) in [6.45, 7) is 0. The van der Waals surface area contributed by atoms with Gasteiger partial charge in [0.1, 0.15) is 5.69 Å². The maximum Gasteiger partial charge on any atom is 0.393 e. The maximum absolute atomic E-state index is 12.0. The number of hydrogen-bond acceptors (Lipinski definition) is 3. The fraction of sp³-hybridized carbons (Fsp3) is 0.250. The summed E-state index contributed by atoms with van der Waals surface area (Å²) < 4.78 is 35.9. The van der Waals surface area contributed by atoms with E-state index in [0.29, 0.717) is 0 Å². The molecule has 0 aliphatic heterocycles. The van der Waals surface area contributed by atoms with Crippen LogP contribution >= 0.6 is 0 Å². The number of nitro benzene ring substituents is 1. The highest BCUT2D eigenvalue weighted by Crippen LogP contribution is 2.26. The van der Waals surface area contributed by atoms with Crippen molar-refractivity contribution in [2.24, 2.45) is 0 Å². The van der Waals surface area contributed by atoms with Crippen LogP contribution in [0.5, 0.6) is 0 Å². The first-order valence-corrected chi connectivity index (χ1v) is 3.89. The minimum atomic E-state index is -4.34. The molecule has 0 aliphatic rings. The monoisotopic (exact) mass is 220 g/mol. The van der Waals surface area contributed by atoms with Crippen LogP contribution in [0, 0.1) is 10.1 Å². The van der Waals surface area contributed by atoms with E-state index in [0.717, 1.165) is 18.2 Å². The zero-order valence-electron chi connectivity index (χ0n) is 7.41. The molecular weight excluding hydrogens is 213 g/mol. The number of nitro groups is 1. The number of rotatable bonds is 2. The van der Waals surface area contributed by atoms with Crippen molar-refractivity contribution in [3.05, 3.63) is 33.9 Å². The van der Waals surface area contributed by atoms with Crippen molar-refractivity contribution in [3.63, 3.8) is 0 Å². The Morgan fingerprint density at radius 2 is 2.00 bits per heavy atom. The van der Waals surface area contributed by atoms with Gasteiger partial charge in [0, 0.05) is 6.07 Å². The summed E-state index contributed by atoms with van der Waals surface area (Å²) in [5, 5.41) is 10.3. The van der Waals surface area contributed by atoms with Crippen LogP contribution in [0.25, 0.3) is 0 Å². The molecule has 2 N–H and O–H groups in total. The Morgan fingerprint density at radius 1 is 1.40 bits per heavy atom. The molecule has 0 spiro atoms. The quantitative estimate of drug-likeness (QED) is 0.472. The smallest absolute Gasteiger partial charge is 0.393 e. The Labute approximate surface area is 82.7 Å². The van der Waals surface area contributed by atoms with Crippen LogP contribution in [0.3, 0.4) is 0 Å². The topological polar surface area (TPSA) is 69.2 Å². The van der Waals surface area contributed by atoms with Gasteiger partial charge >= 0.3 is 6.18 Å². The van der Waals surface area contributed by atoms with E-state index in [9.17, 15) is 23.3 Å². The molecule has 1 aromatic carbocycles. The lowest BCUT2D eigenvalue weighted by atomic mass is 10.1. The van der Waals surface area contributed by atoms with Gasteiger partial charge in [0.15, 0.2) is 0 Å². The van der Waals surface area contributed by atoms with E-state index in [1.54, 1.807) is 0 Å². The molecule has 0 fully saturated rings.